The zero-order valence-electron chi connectivity index (χ0n) is 14.2. The lowest BCUT2D eigenvalue weighted by Gasteiger charge is -2.42. The molecule has 0 aliphatic carbocycles. The first-order valence-electron chi connectivity index (χ1n) is 7.80. The van der Waals surface area contributed by atoms with Crippen molar-refractivity contribution in [2.24, 2.45) is 5.41 Å². The van der Waals surface area contributed by atoms with Crippen LogP contribution < -0.4 is 5.32 Å². The maximum Gasteiger partial charge on any atom is 0.310 e. The fraction of sp³-hybridized carbons (Fsp3) is 0.875. The average molecular weight is 298 g/mol. The molecule has 0 aromatic heterocycles. The SMILES string of the molecule is CC1CCCC(C)N1C(=O)CNC(C)(C)C(C)(C)C(=O)O. The van der Waals surface area contributed by atoms with Crippen molar-refractivity contribution in [1.82, 2.24) is 10.2 Å². The molecule has 0 saturated carbocycles. The van der Waals surface area contributed by atoms with Crippen molar-refractivity contribution < 1.29 is 14.7 Å². The molecule has 0 aromatic carbocycles. The van der Waals surface area contributed by atoms with Gasteiger partial charge in [-0.25, -0.2) is 0 Å². The van der Waals surface area contributed by atoms with E-state index in [4.69, 9.17) is 0 Å². The van der Waals surface area contributed by atoms with Gasteiger partial charge in [-0.2, -0.15) is 0 Å². The molecular formula is C16H30N2O3. The summed E-state index contributed by atoms with van der Waals surface area (Å²) >= 11 is 0. The van der Waals surface area contributed by atoms with Gasteiger partial charge in [-0.3, -0.25) is 9.59 Å². The van der Waals surface area contributed by atoms with Crippen molar-refractivity contribution in [3.8, 4) is 0 Å². The number of carboxylic acid groups (broad SMARTS) is 1. The van der Waals surface area contributed by atoms with Crippen LogP contribution in [0.4, 0.5) is 0 Å². The number of aliphatic carboxylic acids is 1. The van der Waals surface area contributed by atoms with Crippen LogP contribution in [0.2, 0.25) is 0 Å². The van der Waals surface area contributed by atoms with E-state index in [0.717, 1.165) is 19.3 Å². The lowest BCUT2D eigenvalue weighted by Crippen LogP contribution is -2.58. The van der Waals surface area contributed by atoms with Crippen LogP contribution >= 0.6 is 0 Å². The Morgan fingerprint density at radius 3 is 2.05 bits per heavy atom. The van der Waals surface area contributed by atoms with Crippen LogP contribution in [0.15, 0.2) is 0 Å². The predicted molar refractivity (Wildman–Crippen MR) is 83.1 cm³/mol. The first-order chi connectivity index (χ1) is 9.50. The Labute approximate surface area is 128 Å². The zero-order valence-corrected chi connectivity index (χ0v) is 14.2. The van der Waals surface area contributed by atoms with Crippen LogP contribution in [0.1, 0.15) is 60.8 Å². The van der Waals surface area contributed by atoms with Crippen LogP contribution in [0, 0.1) is 5.41 Å². The lowest BCUT2D eigenvalue weighted by atomic mass is 9.74. The number of rotatable bonds is 5. The van der Waals surface area contributed by atoms with Gasteiger partial charge in [0.1, 0.15) is 0 Å². The van der Waals surface area contributed by atoms with Gasteiger partial charge in [0.05, 0.1) is 12.0 Å². The van der Waals surface area contributed by atoms with Gasteiger partial charge < -0.3 is 15.3 Å². The predicted octanol–water partition coefficient (Wildman–Crippen LogP) is 2.25. The van der Waals surface area contributed by atoms with Gasteiger partial charge in [0.15, 0.2) is 0 Å². The molecule has 2 unspecified atom stereocenters. The van der Waals surface area contributed by atoms with Crippen molar-refractivity contribution in [3.63, 3.8) is 0 Å². The maximum absolute atomic E-state index is 12.5. The van der Waals surface area contributed by atoms with Crippen LogP contribution in [0.5, 0.6) is 0 Å². The Kier molecular flexibility index (Phi) is 5.42. The van der Waals surface area contributed by atoms with Crippen molar-refractivity contribution in [2.75, 3.05) is 6.54 Å². The molecule has 1 aliphatic heterocycles. The largest absolute Gasteiger partial charge is 0.481 e. The second-order valence-corrected chi connectivity index (χ2v) is 7.34. The van der Waals surface area contributed by atoms with Crippen molar-refractivity contribution in [2.45, 2.75) is 78.4 Å². The average Bonchev–Trinajstić information content (AvgIpc) is 2.35. The van der Waals surface area contributed by atoms with Crippen molar-refractivity contribution in [3.05, 3.63) is 0 Å². The number of nitrogens with zero attached hydrogens (tertiary/aromatic N) is 1. The first-order valence-corrected chi connectivity index (χ1v) is 7.80. The van der Waals surface area contributed by atoms with E-state index in [1.54, 1.807) is 13.8 Å². The zero-order chi connectivity index (χ0) is 16.4. The number of carbonyl (C=O) groups excluding carboxylic acids is 1. The number of carbonyl (C=O) groups is 2. The fourth-order valence-electron chi connectivity index (χ4n) is 2.79. The molecule has 0 aromatic rings. The summed E-state index contributed by atoms with van der Waals surface area (Å²) in [6, 6.07) is 0.525. The highest BCUT2D eigenvalue weighted by atomic mass is 16.4. The number of piperidine rings is 1. The Hall–Kier alpha value is -1.10. The van der Waals surface area contributed by atoms with Gasteiger partial charge >= 0.3 is 5.97 Å². The molecule has 1 saturated heterocycles. The molecule has 21 heavy (non-hydrogen) atoms. The van der Waals surface area contributed by atoms with E-state index in [-0.39, 0.29) is 24.5 Å². The Bertz CT molecular complexity index is 394. The van der Waals surface area contributed by atoms with E-state index < -0.39 is 16.9 Å². The van der Waals surface area contributed by atoms with Crippen LogP contribution in [-0.2, 0) is 9.59 Å². The van der Waals surface area contributed by atoms with Gasteiger partial charge in [-0.1, -0.05) is 0 Å². The van der Waals surface area contributed by atoms with E-state index in [2.05, 4.69) is 19.2 Å². The highest BCUT2D eigenvalue weighted by molar-refractivity contribution is 5.80. The first kappa shape index (κ1) is 18.0. The normalized spacial score (nSPS) is 24.0. The number of amides is 1. The van der Waals surface area contributed by atoms with Crippen LogP contribution in [0.25, 0.3) is 0 Å². The Balaban J connectivity index is 2.69. The highest BCUT2D eigenvalue weighted by Gasteiger charge is 2.43. The van der Waals surface area contributed by atoms with E-state index in [1.807, 2.05) is 18.7 Å². The second-order valence-electron chi connectivity index (χ2n) is 7.34. The lowest BCUT2D eigenvalue weighted by molar-refractivity contribution is -0.152. The minimum atomic E-state index is -0.952. The highest BCUT2D eigenvalue weighted by Crippen LogP contribution is 2.30. The summed E-state index contributed by atoms with van der Waals surface area (Å²) in [5, 5.41) is 12.5. The Morgan fingerprint density at radius 2 is 1.62 bits per heavy atom. The van der Waals surface area contributed by atoms with E-state index in [1.165, 1.54) is 0 Å². The molecule has 1 fully saturated rings. The monoisotopic (exact) mass is 298 g/mol. The number of hydrogen-bond acceptors (Lipinski definition) is 3. The molecule has 1 amide bonds. The molecule has 1 heterocycles. The third-order valence-corrected chi connectivity index (χ3v) is 5.26. The minimum absolute atomic E-state index is 0.0592. The standard InChI is InChI=1S/C16H30N2O3/c1-11-8-7-9-12(2)18(11)13(19)10-17-16(5,6)15(3,4)14(20)21/h11-12,17H,7-10H2,1-6H3,(H,20,21). The van der Waals surface area contributed by atoms with Crippen LogP contribution in [-0.4, -0.2) is 46.1 Å². The summed E-state index contributed by atoms with van der Waals surface area (Å²) in [7, 11) is 0. The number of likely N-dealkylation sites (tertiary alicyclic amines) is 1. The molecule has 0 spiro atoms. The number of hydrogen-bond donors (Lipinski definition) is 2. The smallest absolute Gasteiger partial charge is 0.310 e. The van der Waals surface area contributed by atoms with Crippen LogP contribution in [0.3, 0.4) is 0 Å². The number of nitrogens with one attached hydrogen (secondary N) is 1. The molecule has 122 valence electrons. The van der Waals surface area contributed by atoms with Gasteiger partial charge in [-0.15, -0.1) is 0 Å². The summed E-state index contributed by atoms with van der Waals surface area (Å²) in [5.41, 5.74) is -1.62. The fourth-order valence-corrected chi connectivity index (χ4v) is 2.79. The molecule has 5 heteroatoms. The topological polar surface area (TPSA) is 69.6 Å². The van der Waals surface area contributed by atoms with Crippen molar-refractivity contribution in [1.29, 1.82) is 0 Å². The number of carboxylic acids is 1. The molecule has 0 radical (unpaired) electrons. The van der Waals surface area contributed by atoms with Crippen molar-refractivity contribution >= 4 is 11.9 Å². The van der Waals surface area contributed by atoms with Gasteiger partial charge in [0.25, 0.3) is 0 Å². The summed E-state index contributed by atoms with van der Waals surface area (Å²) in [4.78, 5) is 25.8. The molecule has 2 N–H and O–H groups in total. The Morgan fingerprint density at radius 1 is 1.14 bits per heavy atom. The van der Waals surface area contributed by atoms with Gasteiger partial charge in [0.2, 0.25) is 5.91 Å². The summed E-state index contributed by atoms with van der Waals surface area (Å²) in [6.45, 7) is 11.4. The maximum atomic E-state index is 12.5. The molecule has 5 nitrogen and oxygen atoms in total. The molecule has 1 rings (SSSR count). The quantitative estimate of drug-likeness (QED) is 0.817. The molecule has 1 aliphatic rings. The third kappa shape index (κ3) is 3.76. The van der Waals surface area contributed by atoms with Gasteiger partial charge in [0, 0.05) is 17.6 Å². The summed E-state index contributed by atoms with van der Waals surface area (Å²) in [6.07, 6.45) is 3.25. The van der Waals surface area contributed by atoms with E-state index in [9.17, 15) is 14.7 Å². The molecule has 0 bridgehead atoms. The van der Waals surface area contributed by atoms with Gasteiger partial charge in [-0.05, 0) is 60.8 Å². The third-order valence-electron chi connectivity index (χ3n) is 5.26. The van der Waals surface area contributed by atoms with E-state index >= 15 is 0 Å². The van der Waals surface area contributed by atoms with E-state index in [0.29, 0.717) is 0 Å². The summed E-state index contributed by atoms with van der Waals surface area (Å²) < 4.78 is 0. The second kappa shape index (κ2) is 6.34. The minimum Gasteiger partial charge on any atom is -0.481 e. The summed E-state index contributed by atoms with van der Waals surface area (Å²) in [5.74, 6) is -0.809. The molecule has 2 atom stereocenters. The molecular weight excluding hydrogens is 268 g/mol.